The van der Waals surface area contributed by atoms with Gasteiger partial charge in [0.1, 0.15) is 18.5 Å². The molecular weight excluding hydrogens is 460 g/mol. The number of piperidine rings is 1. The molecule has 2 saturated heterocycles. The van der Waals surface area contributed by atoms with Crippen LogP contribution in [-0.2, 0) is 9.59 Å². The molecule has 1 aromatic carbocycles. The van der Waals surface area contributed by atoms with Crippen LogP contribution in [0.3, 0.4) is 0 Å². The Hall–Kier alpha value is -3.73. The molecule has 0 bridgehead atoms. The van der Waals surface area contributed by atoms with E-state index < -0.39 is 16.1 Å². The van der Waals surface area contributed by atoms with Gasteiger partial charge in [0, 0.05) is 25.2 Å². The summed E-state index contributed by atoms with van der Waals surface area (Å²) >= 11 is 0.808. The van der Waals surface area contributed by atoms with Crippen molar-refractivity contribution >= 4 is 40.6 Å². The van der Waals surface area contributed by atoms with E-state index in [0.29, 0.717) is 30.3 Å². The molecule has 3 heterocycles. The summed E-state index contributed by atoms with van der Waals surface area (Å²) < 4.78 is 5.57. The van der Waals surface area contributed by atoms with Crippen molar-refractivity contribution < 1.29 is 24.0 Å². The molecule has 176 valence electrons. The first-order chi connectivity index (χ1) is 16.3. The minimum absolute atomic E-state index is 0.135. The Morgan fingerprint density at radius 2 is 1.91 bits per heavy atom. The second-order valence-electron chi connectivity index (χ2n) is 8.11. The Balaban J connectivity index is 1.37. The van der Waals surface area contributed by atoms with E-state index in [2.05, 4.69) is 11.9 Å². The lowest BCUT2D eigenvalue weighted by atomic mass is 9.99. The van der Waals surface area contributed by atoms with Gasteiger partial charge >= 0.3 is 0 Å². The SMILES string of the molecule is CC1CCN(C(=O)CN2C(=O)S/C(=C\c3ccc(Oc4ccc([N+](=O)[O-])cn4)cc3)C2=O)CC1. The lowest BCUT2D eigenvalue weighted by molar-refractivity contribution is -0.385. The molecule has 0 spiro atoms. The predicted octanol–water partition coefficient (Wildman–Crippen LogP) is 4.08. The van der Waals surface area contributed by atoms with E-state index in [1.165, 1.54) is 12.1 Å². The normalized spacial score (nSPS) is 18.0. The average molecular weight is 483 g/mol. The van der Waals surface area contributed by atoms with E-state index >= 15 is 0 Å². The maximum atomic E-state index is 12.7. The van der Waals surface area contributed by atoms with Crippen LogP contribution in [0.15, 0.2) is 47.5 Å². The third kappa shape index (κ3) is 5.42. The largest absolute Gasteiger partial charge is 0.439 e. The Kier molecular flexibility index (Phi) is 6.92. The molecule has 0 N–H and O–H groups in total. The minimum atomic E-state index is -0.544. The molecule has 2 fully saturated rings. The molecule has 2 aromatic rings. The van der Waals surface area contributed by atoms with Crippen molar-refractivity contribution in [2.24, 2.45) is 5.92 Å². The number of rotatable bonds is 6. The smallest absolute Gasteiger partial charge is 0.294 e. The number of ether oxygens (including phenoxy) is 1. The van der Waals surface area contributed by atoms with Crippen molar-refractivity contribution in [3.05, 3.63) is 63.2 Å². The van der Waals surface area contributed by atoms with Gasteiger partial charge in [-0.05, 0) is 54.3 Å². The molecule has 1 aromatic heterocycles. The van der Waals surface area contributed by atoms with Gasteiger partial charge in [0.05, 0.1) is 9.83 Å². The molecule has 2 aliphatic rings. The maximum absolute atomic E-state index is 12.7. The van der Waals surface area contributed by atoms with E-state index in [1.807, 2.05) is 0 Å². The average Bonchev–Trinajstić information content (AvgIpc) is 3.08. The summed E-state index contributed by atoms with van der Waals surface area (Å²) in [4.78, 5) is 54.7. The zero-order chi connectivity index (χ0) is 24.2. The fourth-order valence-corrected chi connectivity index (χ4v) is 4.41. The summed E-state index contributed by atoms with van der Waals surface area (Å²) in [5, 5.41) is 10.2. The molecule has 0 atom stereocenters. The van der Waals surface area contributed by atoms with Crippen LogP contribution < -0.4 is 4.74 Å². The topological polar surface area (TPSA) is 123 Å². The third-order valence-corrected chi connectivity index (χ3v) is 6.54. The van der Waals surface area contributed by atoms with Crippen molar-refractivity contribution in [3.63, 3.8) is 0 Å². The number of pyridine rings is 1. The van der Waals surface area contributed by atoms with Gasteiger partial charge in [-0.2, -0.15) is 0 Å². The molecular formula is C23H22N4O6S. The first-order valence-corrected chi connectivity index (χ1v) is 11.5. The van der Waals surface area contributed by atoms with Crippen molar-refractivity contribution in [1.29, 1.82) is 0 Å². The Bertz CT molecular complexity index is 1140. The van der Waals surface area contributed by atoms with Crippen molar-refractivity contribution in [2.75, 3.05) is 19.6 Å². The molecule has 0 radical (unpaired) electrons. The molecule has 34 heavy (non-hydrogen) atoms. The molecule has 10 nitrogen and oxygen atoms in total. The van der Waals surface area contributed by atoms with Gasteiger partial charge in [-0.1, -0.05) is 19.1 Å². The highest BCUT2D eigenvalue weighted by Gasteiger charge is 2.37. The van der Waals surface area contributed by atoms with Gasteiger partial charge in [-0.25, -0.2) is 4.98 Å². The number of nitrogens with zero attached hydrogens (tertiary/aromatic N) is 4. The summed E-state index contributed by atoms with van der Waals surface area (Å²) in [6.07, 6.45) is 4.54. The van der Waals surface area contributed by atoms with E-state index in [-0.39, 0.29) is 28.9 Å². The highest BCUT2D eigenvalue weighted by Crippen LogP contribution is 2.33. The quantitative estimate of drug-likeness (QED) is 0.343. The Morgan fingerprint density at radius 1 is 1.21 bits per heavy atom. The van der Waals surface area contributed by atoms with E-state index in [0.717, 1.165) is 35.7 Å². The number of benzene rings is 1. The van der Waals surface area contributed by atoms with Gasteiger partial charge in [0.2, 0.25) is 11.8 Å². The molecule has 3 amide bonds. The van der Waals surface area contributed by atoms with Gasteiger partial charge in [-0.3, -0.25) is 29.4 Å². The Labute approximate surface area is 199 Å². The number of aromatic nitrogens is 1. The van der Waals surface area contributed by atoms with Crippen molar-refractivity contribution in [2.45, 2.75) is 19.8 Å². The van der Waals surface area contributed by atoms with E-state index in [1.54, 1.807) is 35.2 Å². The van der Waals surface area contributed by atoms with Gasteiger partial charge < -0.3 is 9.64 Å². The number of hydrogen-bond donors (Lipinski definition) is 0. The summed E-state index contributed by atoms with van der Waals surface area (Å²) in [5.41, 5.74) is 0.537. The monoisotopic (exact) mass is 482 g/mol. The first-order valence-electron chi connectivity index (χ1n) is 10.7. The van der Waals surface area contributed by atoms with Crippen LogP contribution in [-0.4, -0.2) is 56.4 Å². The lowest BCUT2D eigenvalue weighted by Gasteiger charge is -2.31. The zero-order valence-corrected chi connectivity index (χ0v) is 19.2. The lowest BCUT2D eigenvalue weighted by Crippen LogP contribution is -2.45. The fourth-order valence-electron chi connectivity index (χ4n) is 3.57. The van der Waals surface area contributed by atoms with Crippen LogP contribution in [0.4, 0.5) is 10.5 Å². The molecule has 0 aliphatic carbocycles. The van der Waals surface area contributed by atoms with Crippen molar-refractivity contribution in [1.82, 2.24) is 14.8 Å². The Morgan fingerprint density at radius 3 is 2.53 bits per heavy atom. The standard InChI is InChI=1S/C23H22N4O6S/c1-15-8-10-25(11-9-15)21(28)14-26-22(29)19(34-23(26)30)12-16-2-5-18(6-3-16)33-20-7-4-17(13-24-20)27(31)32/h2-7,12-13,15H,8-11,14H2,1H3/b19-12-. The van der Waals surface area contributed by atoms with E-state index in [9.17, 15) is 24.5 Å². The number of amides is 3. The highest BCUT2D eigenvalue weighted by molar-refractivity contribution is 8.18. The summed E-state index contributed by atoms with van der Waals surface area (Å²) in [6, 6.07) is 9.40. The number of hydrogen-bond acceptors (Lipinski definition) is 8. The second kappa shape index (κ2) is 10.0. The highest BCUT2D eigenvalue weighted by atomic mass is 32.2. The van der Waals surface area contributed by atoms with Gasteiger partial charge in [0.15, 0.2) is 0 Å². The minimum Gasteiger partial charge on any atom is -0.439 e. The predicted molar refractivity (Wildman–Crippen MR) is 125 cm³/mol. The van der Waals surface area contributed by atoms with Crippen LogP contribution in [0.25, 0.3) is 6.08 Å². The fraction of sp³-hybridized carbons (Fsp3) is 0.304. The van der Waals surface area contributed by atoms with Gasteiger partial charge in [-0.15, -0.1) is 0 Å². The summed E-state index contributed by atoms with van der Waals surface area (Å²) in [6.45, 7) is 3.20. The van der Waals surface area contributed by atoms with Crippen LogP contribution in [0.5, 0.6) is 11.6 Å². The summed E-state index contributed by atoms with van der Waals surface area (Å²) in [7, 11) is 0. The third-order valence-electron chi connectivity index (χ3n) is 5.64. The molecule has 0 saturated carbocycles. The van der Waals surface area contributed by atoms with Crippen molar-refractivity contribution in [3.8, 4) is 11.6 Å². The first kappa shape index (κ1) is 23.4. The van der Waals surface area contributed by atoms with Crippen LogP contribution >= 0.6 is 11.8 Å². The number of likely N-dealkylation sites (tertiary alicyclic amines) is 1. The molecule has 11 heteroatoms. The zero-order valence-electron chi connectivity index (χ0n) is 18.4. The van der Waals surface area contributed by atoms with Crippen LogP contribution in [0, 0.1) is 16.0 Å². The number of carbonyl (C=O) groups is 3. The number of nitro groups is 1. The molecule has 4 rings (SSSR count). The van der Waals surface area contributed by atoms with Gasteiger partial charge in [0.25, 0.3) is 16.8 Å². The molecule has 0 unspecified atom stereocenters. The maximum Gasteiger partial charge on any atom is 0.294 e. The molecule has 2 aliphatic heterocycles. The van der Waals surface area contributed by atoms with E-state index in [4.69, 9.17) is 4.74 Å². The number of carbonyl (C=O) groups excluding carboxylic acids is 3. The number of imide groups is 1. The van der Waals surface area contributed by atoms with Crippen LogP contribution in [0.2, 0.25) is 0 Å². The number of thioether (sulfide) groups is 1. The second-order valence-corrected chi connectivity index (χ2v) is 9.11. The van der Waals surface area contributed by atoms with Crippen LogP contribution in [0.1, 0.15) is 25.3 Å². The summed E-state index contributed by atoms with van der Waals surface area (Å²) in [5.74, 6) is 0.535.